The summed E-state index contributed by atoms with van der Waals surface area (Å²) in [4.78, 5) is 14.3. The van der Waals surface area contributed by atoms with Gasteiger partial charge in [-0.3, -0.25) is 4.79 Å². The topological polar surface area (TPSA) is 55.1 Å². The molecule has 1 rings (SSSR count). The highest BCUT2D eigenvalue weighted by Gasteiger charge is 2.25. The molecule has 0 aromatic carbocycles. The average Bonchev–Trinajstić information content (AvgIpc) is 2.73. The number of hydrogen-bond acceptors (Lipinski definition) is 3. The van der Waals surface area contributed by atoms with Crippen molar-refractivity contribution in [1.82, 2.24) is 5.32 Å². The summed E-state index contributed by atoms with van der Waals surface area (Å²) < 4.78 is 0. The van der Waals surface area contributed by atoms with Gasteiger partial charge in [-0.2, -0.15) is 0 Å². The van der Waals surface area contributed by atoms with Gasteiger partial charge in [0.05, 0.1) is 12.0 Å². The van der Waals surface area contributed by atoms with Crippen LogP contribution >= 0.6 is 11.3 Å². The van der Waals surface area contributed by atoms with Crippen molar-refractivity contribution in [3.05, 3.63) is 21.9 Å². The largest absolute Gasteiger partial charge is 0.351 e. The van der Waals surface area contributed by atoms with Gasteiger partial charge in [0.25, 0.3) is 0 Å². The molecule has 1 aromatic heterocycles. The van der Waals surface area contributed by atoms with Gasteiger partial charge in [-0.15, -0.1) is 11.3 Å². The van der Waals surface area contributed by atoms with Crippen LogP contribution in [-0.4, -0.2) is 12.5 Å². The van der Waals surface area contributed by atoms with Gasteiger partial charge in [0.1, 0.15) is 0 Å². The molecule has 0 unspecified atom stereocenters. The first kappa shape index (κ1) is 13.2. The molecule has 3 N–H and O–H groups in total. The average molecular weight is 240 g/mol. The van der Waals surface area contributed by atoms with Crippen molar-refractivity contribution in [1.29, 1.82) is 0 Å². The lowest BCUT2D eigenvalue weighted by Gasteiger charge is -2.20. The summed E-state index contributed by atoms with van der Waals surface area (Å²) in [6.45, 7) is 6.81. The maximum atomic E-state index is 11.8. The molecule has 0 aliphatic carbocycles. The summed E-state index contributed by atoms with van der Waals surface area (Å²) in [5.41, 5.74) is 5.06. The lowest BCUT2D eigenvalue weighted by molar-refractivity contribution is -0.129. The van der Waals surface area contributed by atoms with Crippen LogP contribution < -0.4 is 11.1 Å². The smallest absolute Gasteiger partial charge is 0.227 e. The van der Waals surface area contributed by atoms with E-state index in [1.165, 1.54) is 9.75 Å². The van der Waals surface area contributed by atoms with Gasteiger partial charge in [-0.25, -0.2) is 0 Å². The van der Waals surface area contributed by atoms with Crippen LogP contribution in [0, 0.1) is 5.41 Å². The van der Waals surface area contributed by atoms with E-state index in [0.29, 0.717) is 13.1 Å². The highest BCUT2D eigenvalue weighted by molar-refractivity contribution is 7.11. The molecule has 1 amide bonds. The summed E-state index contributed by atoms with van der Waals surface area (Å²) >= 11 is 1.75. The summed E-state index contributed by atoms with van der Waals surface area (Å²) in [7, 11) is 0. The quantitative estimate of drug-likeness (QED) is 0.826. The van der Waals surface area contributed by atoms with Crippen LogP contribution in [0.15, 0.2) is 12.1 Å². The number of amides is 1. The molecule has 0 radical (unpaired) electrons. The molecule has 4 heteroatoms. The summed E-state index contributed by atoms with van der Waals surface area (Å²) in [5, 5.41) is 2.92. The number of thiophene rings is 1. The maximum absolute atomic E-state index is 11.8. The zero-order chi connectivity index (χ0) is 12.2. The molecular weight excluding hydrogens is 220 g/mol. The molecule has 0 fully saturated rings. The Labute approximate surface area is 101 Å². The second-order valence-electron chi connectivity index (χ2n) is 4.49. The van der Waals surface area contributed by atoms with Crippen molar-refractivity contribution in [2.75, 3.05) is 6.54 Å². The van der Waals surface area contributed by atoms with Gasteiger partial charge in [0, 0.05) is 16.3 Å². The molecule has 0 aliphatic rings. The third kappa shape index (κ3) is 3.32. The van der Waals surface area contributed by atoms with Crippen LogP contribution in [0.4, 0.5) is 0 Å². The fourth-order valence-electron chi connectivity index (χ4n) is 1.21. The van der Waals surface area contributed by atoms with Gasteiger partial charge in [-0.05, 0) is 32.4 Å². The van der Waals surface area contributed by atoms with Crippen LogP contribution in [-0.2, 0) is 17.8 Å². The zero-order valence-corrected chi connectivity index (χ0v) is 11.0. The number of rotatable bonds is 5. The Kier molecular flexibility index (Phi) is 4.50. The third-order valence-corrected chi connectivity index (χ3v) is 3.84. The van der Waals surface area contributed by atoms with Crippen molar-refractivity contribution in [2.45, 2.75) is 33.7 Å². The van der Waals surface area contributed by atoms with Crippen LogP contribution in [0.25, 0.3) is 0 Å². The van der Waals surface area contributed by atoms with E-state index in [-0.39, 0.29) is 5.91 Å². The van der Waals surface area contributed by atoms with Gasteiger partial charge < -0.3 is 11.1 Å². The lowest BCUT2D eigenvalue weighted by Crippen LogP contribution is -2.41. The predicted octanol–water partition coefficient (Wildman–Crippen LogP) is 1.91. The van der Waals surface area contributed by atoms with E-state index in [1.807, 2.05) is 13.8 Å². The van der Waals surface area contributed by atoms with Gasteiger partial charge in [0.2, 0.25) is 5.91 Å². The number of aryl methyl sites for hydroxylation is 1. The second kappa shape index (κ2) is 5.46. The van der Waals surface area contributed by atoms with E-state index < -0.39 is 5.41 Å². The summed E-state index contributed by atoms with van der Waals surface area (Å²) in [6.07, 6.45) is 1.05. The van der Waals surface area contributed by atoms with E-state index in [9.17, 15) is 4.79 Å². The molecule has 0 aliphatic heterocycles. The molecule has 0 saturated heterocycles. The van der Waals surface area contributed by atoms with Crippen LogP contribution in [0.2, 0.25) is 0 Å². The second-order valence-corrected chi connectivity index (χ2v) is 5.75. The fraction of sp³-hybridized carbons (Fsp3) is 0.583. The molecule has 0 saturated carbocycles. The zero-order valence-electron chi connectivity index (χ0n) is 10.2. The molecule has 0 bridgehead atoms. The van der Waals surface area contributed by atoms with Crippen molar-refractivity contribution in [2.24, 2.45) is 11.1 Å². The van der Waals surface area contributed by atoms with E-state index >= 15 is 0 Å². The van der Waals surface area contributed by atoms with Gasteiger partial charge in [0.15, 0.2) is 0 Å². The van der Waals surface area contributed by atoms with Crippen LogP contribution in [0.5, 0.6) is 0 Å². The predicted molar refractivity (Wildman–Crippen MR) is 68.4 cm³/mol. The first-order valence-electron chi connectivity index (χ1n) is 5.55. The van der Waals surface area contributed by atoms with Crippen LogP contribution in [0.3, 0.4) is 0 Å². The molecule has 0 atom stereocenters. The van der Waals surface area contributed by atoms with Crippen molar-refractivity contribution in [3.63, 3.8) is 0 Å². The van der Waals surface area contributed by atoms with Crippen molar-refractivity contribution >= 4 is 17.2 Å². The number of carbonyl (C=O) groups is 1. The molecule has 1 heterocycles. The Balaban J connectivity index is 2.49. The molecular formula is C12H20N2OS. The minimum Gasteiger partial charge on any atom is -0.351 e. The number of nitrogens with one attached hydrogen (secondary N) is 1. The SMILES string of the molecule is CCc1ccc(CNC(=O)C(C)(C)CN)s1. The molecule has 1 aromatic rings. The summed E-state index contributed by atoms with van der Waals surface area (Å²) in [6, 6.07) is 4.18. The monoisotopic (exact) mass is 240 g/mol. The standard InChI is InChI=1S/C12H20N2OS/c1-4-9-5-6-10(16-9)7-14-11(15)12(2,3)8-13/h5-6H,4,7-8,13H2,1-3H3,(H,14,15). The van der Waals surface area contributed by atoms with Crippen molar-refractivity contribution < 1.29 is 4.79 Å². The van der Waals surface area contributed by atoms with Crippen molar-refractivity contribution in [3.8, 4) is 0 Å². The normalized spacial score (nSPS) is 11.5. The third-order valence-electron chi connectivity index (χ3n) is 2.61. The van der Waals surface area contributed by atoms with E-state index in [0.717, 1.165) is 6.42 Å². The first-order valence-corrected chi connectivity index (χ1v) is 6.37. The lowest BCUT2D eigenvalue weighted by atomic mass is 9.93. The van der Waals surface area contributed by atoms with Crippen LogP contribution in [0.1, 0.15) is 30.5 Å². The Morgan fingerprint density at radius 1 is 1.44 bits per heavy atom. The Bertz CT molecular complexity index is 358. The molecule has 3 nitrogen and oxygen atoms in total. The van der Waals surface area contributed by atoms with E-state index in [1.54, 1.807) is 11.3 Å². The van der Waals surface area contributed by atoms with Gasteiger partial charge >= 0.3 is 0 Å². The Morgan fingerprint density at radius 2 is 2.06 bits per heavy atom. The molecule has 0 spiro atoms. The van der Waals surface area contributed by atoms with Gasteiger partial charge in [-0.1, -0.05) is 6.92 Å². The number of hydrogen-bond donors (Lipinski definition) is 2. The molecule has 90 valence electrons. The minimum atomic E-state index is -0.481. The van der Waals surface area contributed by atoms with E-state index in [4.69, 9.17) is 5.73 Å². The number of nitrogens with two attached hydrogens (primary N) is 1. The Hall–Kier alpha value is -0.870. The molecule has 16 heavy (non-hydrogen) atoms. The minimum absolute atomic E-state index is 0.0152. The van der Waals surface area contributed by atoms with E-state index in [2.05, 4.69) is 24.4 Å². The first-order chi connectivity index (χ1) is 7.49. The fourth-order valence-corrected chi connectivity index (χ4v) is 2.10. The summed E-state index contributed by atoms with van der Waals surface area (Å²) in [5.74, 6) is 0.0152. The maximum Gasteiger partial charge on any atom is 0.227 e. The highest BCUT2D eigenvalue weighted by atomic mass is 32.1. The number of carbonyl (C=O) groups excluding carboxylic acids is 1. The highest BCUT2D eigenvalue weighted by Crippen LogP contribution is 2.18. The Morgan fingerprint density at radius 3 is 2.56 bits per heavy atom.